The Morgan fingerprint density at radius 2 is 1.84 bits per heavy atom. The second kappa shape index (κ2) is 5.69. The van der Waals surface area contributed by atoms with Crippen LogP contribution in [0.3, 0.4) is 0 Å². The molecular weight excluding hydrogens is 365 g/mol. The molecule has 0 fully saturated rings. The van der Waals surface area contributed by atoms with Gasteiger partial charge in [0.1, 0.15) is 16.5 Å². The zero-order valence-corrected chi connectivity index (χ0v) is 11.2. The maximum absolute atomic E-state index is 13.3. The molecule has 4 nitrogen and oxygen atoms in total. The molecule has 108 valence electrons. The molecule has 1 N–H and O–H groups in total. The summed E-state index contributed by atoms with van der Waals surface area (Å²) in [6, 6.07) is 0.907. The first kappa shape index (κ1) is 16.3. The van der Waals surface area contributed by atoms with Crippen LogP contribution in [0.4, 0.5) is 22.0 Å². The average molecular weight is 370 g/mol. The minimum Gasteiger partial charge on any atom is -0.277 e. The van der Waals surface area contributed by atoms with Gasteiger partial charge in [-0.2, -0.15) is 13.2 Å². The average Bonchev–Trinajstić information content (AvgIpc) is 2.11. The highest BCUT2D eigenvalue weighted by atomic mass is 79.9. The Morgan fingerprint density at radius 1 is 1.26 bits per heavy atom. The second-order valence-corrected chi connectivity index (χ2v) is 5.63. The summed E-state index contributed by atoms with van der Waals surface area (Å²) in [5.74, 6) is -2.53. The lowest BCUT2D eigenvalue weighted by atomic mass is 10.3. The largest absolute Gasteiger partial charge is 0.413 e. The molecule has 0 radical (unpaired) electrons. The van der Waals surface area contributed by atoms with E-state index in [0.717, 1.165) is 4.89 Å². The van der Waals surface area contributed by atoms with Crippen LogP contribution in [0.15, 0.2) is 21.5 Å². The van der Waals surface area contributed by atoms with Gasteiger partial charge in [0.15, 0.2) is 6.61 Å². The van der Waals surface area contributed by atoms with Crippen LogP contribution in [0.2, 0.25) is 0 Å². The first-order chi connectivity index (χ1) is 8.53. The number of hydrogen-bond acceptors (Lipinski definition) is 3. The van der Waals surface area contributed by atoms with Crippen LogP contribution in [0.25, 0.3) is 0 Å². The van der Waals surface area contributed by atoms with Gasteiger partial charge in [-0.05, 0) is 22.0 Å². The van der Waals surface area contributed by atoms with Crippen molar-refractivity contribution in [2.75, 3.05) is 6.61 Å². The summed E-state index contributed by atoms with van der Waals surface area (Å²) in [4.78, 5) is 3.75. The highest BCUT2D eigenvalue weighted by molar-refractivity contribution is 9.10. The maximum Gasteiger partial charge on any atom is 0.413 e. The van der Waals surface area contributed by atoms with E-state index in [2.05, 4.69) is 20.8 Å². The summed E-state index contributed by atoms with van der Waals surface area (Å²) in [5, 5.41) is 0. The number of alkyl halides is 3. The van der Waals surface area contributed by atoms with E-state index in [0.29, 0.717) is 6.07 Å². The first-order valence-electron chi connectivity index (χ1n) is 4.38. The van der Waals surface area contributed by atoms with Crippen molar-refractivity contribution in [2.45, 2.75) is 11.1 Å². The second-order valence-electron chi connectivity index (χ2n) is 3.19. The van der Waals surface area contributed by atoms with Crippen LogP contribution in [-0.4, -0.2) is 21.2 Å². The molecule has 11 heteroatoms. The van der Waals surface area contributed by atoms with Gasteiger partial charge in [-0.15, -0.1) is 0 Å². The molecule has 1 aromatic rings. The third-order valence-corrected chi connectivity index (χ3v) is 3.81. The maximum atomic E-state index is 13.3. The summed E-state index contributed by atoms with van der Waals surface area (Å²) in [7, 11) is -4.72. The van der Waals surface area contributed by atoms with Gasteiger partial charge in [0.05, 0.1) is 0 Å². The fourth-order valence-electron chi connectivity index (χ4n) is 1.02. The van der Waals surface area contributed by atoms with Gasteiger partial charge in [-0.25, -0.2) is 17.2 Å². The van der Waals surface area contributed by atoms with Crippen molar-refractivity contribution in [1.82, 2.24) is 4.89 Å². The molecule has 0 spiro atoms. The zero-order chi connectivity index (χ0) is 14.8. The Morgan fingerprint density at radius 3 is 2.32 bits per heavy atom. The predicted molar refractivity (Wildman–Crippen MR) is 56.4 cm³/mol. The van der Waals surface area contributed by atoms with Crippen molar-refractivity contribution in [3.05, 3.63) is 28.2 Å². The van der Waals surface area contributed by atoms with Gasteiger partial charge in [0, 0.05) is 10.5 Å². The van der Waals surface area contributed by atoms with E-state index < -0.39 is 43.8 Å². The van der Waals surface area contributed by atoms with Crippen molar-refractivity contribution >= 4 is 26.0 Å². The van der Waals surface area contributed by atoms with Gasteiger partial charge in [-0.3, -0.25) is 4.84 Å². The quantitative estimate of drug-likeness (QED) is 0.655. The molecule has 19 heavy (non-hydrogen) atoms. The van der Waals surface area contributed by atoms with Gasteiger partial charge in [-0.1, -0.05) is 4.89 Å². The standard InChI is InChI=1S/C8H5BrF5NO3S/c9-5-1-4(10)2-6(11)7(5)19(16,17)15-18-3-8(12,13)14/h1-2,15H,3H2. The zero-order valence-electron chi connectivity index (χ0n) is 8.76. The van der Waals surface area contributed by atoms with E-state index in [4.69, 9.17) is 0 Å². The minimum atomic E-state index is -4.76. The Kier molecular flexibility index (Phi) is 4.87. The molecule has 1 rings (SSSR count). The molecule has 0 atom stereocenters. The lowest BCUT2D eigenvalue weighted by molar-refractivity contribution is -0.181. The molecule has 0 amide bonds. The van der Waals surface area contributed by atoms with Crippen molar-refractivity contribution in [3.63, 3.8) is 0 Å². The molecule has 0 aliphatic heterocycles. The van der Waals surface area contributed by atoms with E-state index >= 15 is 0 Å². The van der Waals surface area contributed by atoms with E-state index in [1.807, 2.05) is 0 Å². The third kappa shape index (κ3) is 4.67. The monoisotopic (exact) mass is 369 g/mol. The van der Waals surface area contributed by atoms with E-state index in [1.165, 1.54) is 0 Å². The Bertz CT molecular complexity index is 551. The van der Waals surface area contributed by atoms with Crippen molar-refractivity contribution in [2.24, 2.45) is 0 Å². The molecule has 0 saturated heterocycles. The molecule has 0 unspecified atom stereocenters. The van der Waals surface area contributed by atoms with Gasteiger partial charge < -0.3 is 0 Å². The first-order valence-corrected chi connectivity index (χ1v) is 6.65. The SMILES string of the molecule is O=S(=O)(NOCC(F)(F)F)c1c(F)cc(F)cc1Br. The highest BCUT2D eigenvalue weighted by Crippen LogP contribution is 2.26. The molecule has 0 aromatic heterocycles. The predicted octanol–water partition coefficient (Wildman–Crippen LogP) is 2.50. The van der Waals surface area contributed by atoms with Crippen molar-refractivity contribution in [1.29, 1.82) is 0 Å². The van der Waals surface area contributed by atoms with Crippen molar-refractivity contribution < 1.29 is 35.2 Å². The molecule has 0 aliphatic carbocycles. The van der Waals surface area contributed by atoms with Crippen LogP contribution in [-0.2, 0) is 14.9 Å². The summed E-state index contributed by atoms with van der Waals surface area (Å²) >= 11 is 2.59. The lowest BCUT2D eigenvalue weighted by Gasteiger charge is -2.11. The van der Waals surface area contributed by atoms with Crippen LogP contribution < -0.4 is 4.89 Å². The summed E-state index contributed by atoms with van der Waals surface area (Å²) in [5.41, 5.74) is 0. The highest BCUT2D eigenvalue weighted by Gasteiger charge is 2.30. The Balaban J connectivity index is 2.96. The summed E-state index contributed by atoms with van der Waals surface area (Å²) < 4.78 is 83.8. The smallest absolute Gasteiger partial charge is 0.277 e. The number of rotatable bonds is 4. The van der Waals surface area contributed by atoms with Crippen LogP contribution in [0.5, 0.6) is 0 Å². The number of benzene rings is 1. The number of nitrogens with one attached hydrogen (secondary N) is 1. The topological polar surface area (TPSA) is 55.4 Å². The molecule has 1 aromatic carbocycles. The van der Waals surface area contributed by atoms with Crippen LogP contribution >= 0.6 is 15.9 Å². The molecule has 0 aliphatic rings. The van der Waals surface area contributed by atoms with Gasteiger partial charge >= 0.3 is 6.18 Å². The van der Waals surface area contributed by atoms with E-state index in [-0.39, 0.29) is 6.07 Å². The third-order valence-electron chi connectivity index (χ3n) is 1.64. The minimum absolute atomic E-state index is 0.267. The Hall–Kier alpha value is -0.780. The Labute approximate surface area is 112 Å². The van der Waals surface area contributed by atoms with Gasteiger partial charge in [0.2, 0.25) is 0 Å². The fourth-order valence-corrected chi connectivity index (χ4v) is 2.99. The normalized spacial score (nSPS) is 12.7. The molecule has 0 heterocycles. The molecule has 0 bridgehead atoms. The number of halogens is 6. The number of sulfonamides is 1. The molecular formula is C8H5BrF5NO3S. The number of hydrogen-bond donors (Lipinski definition) is 1. The van der Waals surface area contributed by atoms with E-state index in [1.54, 1.807) is 0 Å². The van der Waals surface area contributed by atoms with Crippen LogP contribution in [0.1, 0.15) is 0 Å². The van der Waals surface area contributed by atoms with E-state index in [9.17, 15) is 30.4 Å². The van der Waals surface area contributed by atoms with Gasteiger partial charge in [0.25, 0.3) is 10.0 Å². The summed E-state index contributed by atoms with van der Waals surface area (Å²) in [6.07, 6.45) is -4.76. The van der Waals surface area contributed by atoms with Crippen molar-refractivity contribution in [3.8, 4) is 0 Å². The lowest BCUT2D eigenvalue weighted by Crippen LogP contribution is -2.30. The van der Waals surface area contributed by atoms with Crippen LogP contribution in [0, 0.1) is 11.6 Å². The molecule has 0 saturated carbocycles. The fraction of sp³-hybridized carbons (Fsp3) is 0.250. The summed E-state index contributed by atoms with van der Waals surface area (Å²) in [6.45, 7) is -1.90.